The van der Waals surface area contributed by atoms with E-state index >= 15 is 0 Å². The van der Waals surface area contributed by atoms with E-state index < -0.39 is 0 Å². The predicted molar refractivity (Wildman–Crippen MR) is 97.1 cm³/mol. The van der Waals surface area contributed by atoms with E-state index in [0.29, 0.717) is 0 Å². The molecule has 1 atom stereocenters. The van der Waals surface area contributed by atoms with Gasteiger partial charge in [0.05, 0.1) is 6.04 Å². The lowest BCUT2D eigenvalue weighted by Crippen LogP contribution is -2.30. The largest absolute Gasteiger partial charge is 0.345 e. The summed E-state index contributed by atoms with van der Waals surface area (Å²) in [4.78, 5) is 13.9. The Morgan fingerprint density at radius 2 is 1.78 bits per heavy atom. The van der Waals surface area contributed by atoms with Gasteiger partial charge in [0, 0.05) is 16.2 Å². The van der Waals surface area contributed by atoms with Gasteiger partial charge in [0.15, 0.2) is 0 Å². The van der Waals surface area contributed by atoms with Crippen LogP contribution in [0, 0.1) is 0 Å². The summed E-state index contributed by atoms with van der Waals surface area (Å²) in [5.41, 5.74) is 3.32. The van der Waals surface area contributed by atoms with Crippen molar-refractivity contribution >= 4 is 17.7 Å². The SMILES string of the molecule is CC(C)(C)c1ccc(C(=O)NC2CCSc3ccccc32)cc1. The van der Waals surface area contributed by atoms with Gasteiger partial charge in [-0.3, -0.25) is 4.79 Å². The standard InChI is InChI=1S/C20H23NOS/c1-20(2,3)15-10-8-14(9-11-15)19(22)21-17-12-13-23-18-7-5-4-6-16(17)18/h4-11,17H,12-13H2,1-3H3,(H,21,22). The first-order valence-corrected chi connectivity index (χ1v) is 9.07. The number of hydrogen-bond donors (Lipinski definition) is 1. The van der Waals surface area contributed by atoms with Crippen molar-refractivity contribution in [2.45, 2.75) is 43.5 Å². The summed E-state index contributed by atoms with van der Waals surface area (Å²) in [5, 5.41) is 3.20. The molecule has 2 aromatic rings. The molecule has 0 saturated carbocycles. The number of rotatable bonds is 2. The van der Waals surface area contributed by atoms with E-state index in [1.807, 2.05) is 30.0 Å². The lowest BCUT2D eigenvalue weighted by molar-refractivity contribution is 0.0935. The van der Waals surface area contributed by atoms with Crippen molar-refractivity contribution < 1.29 is 4.79 Å². The zero-order chi connectivity index (χ0) is 16.4. The van der Waals surface area contributed by atoms with Gasteiger partial charge in [-0.05, 0) is 41.2 Å². The monoisotopic (exact) mass is 325 g/mol. The summed E-state index contributed by atoms with van der Waals surface area (Å²) < 4.78 is 0. The Bertz CT molecular complexity index is 700. The number of benzene rings is 2. The van der Waals surface area contributed by atoms with Crippen LogP contribution in [0.2, 0.25) is 0 Å². The van der Waals surface area contributed by atoms with Gasteiger partial charge in [0.25, 0.3) is 5.91 Å². The molecule has 1 amide bonds. The minimum Gasteiger partial charge on any atom is -0.345 e. The third kappa shape index (κ3) is 3.61. The van der Waals surface area contributed by atoms with Gasteiger partial charge in [-0.1, -0.05) is 51.1 Å². The maximum Gasteiger partial charge on any atom is 0.251 e. The predicted octanol–water partition coefficient (Wildman–Crippen LogP) is 4.95. The minimum absolute atomic E-state index is 0.0113. The summed E-state index contributed by atoms with van der Waals surface area (Å²) >= 11 is 1.87. The lowest BCUT2D eigenvalue weighted by Gasteiger charge is -2.26. The number of nitrogens with one attached hydrogen (secondary N) is 1. The molecule has 2 nitrogen and oxygen atoms in total. The Labute approximate surface area is 142 Å². The third-order valence-corrected chi connectivity index (χ3v) is 5.40. The minimum atomic E-state index is 0.0113. The number of thioether (sulfide) groups is 1. The Morgan fingerprint density at radius 1 is 1.09 bits per heavy atom. The average Bonchev–Trinajstić information content (AvgIpc) is 2.54. The summed E-state index contributed by atoms with van der Waals surface area (Å²) in [6.45, 7) is 6.54. The van der Waals surface area contributed by atoms with Crippen LogP contribution in [0.3, 0.4) is 0 Å². The number of carbonyl (C=O) groups excluding carboxylic acids is 1. The van der Waals surface area contributed by atoms with Crippen molar-refractivity contribution in [3.05, 3.63) is 65.2 Å². The van der Waals surface area contributed by atoms with Crippen LogP contribution >= 0.6 is 11.8 Å². The first-order chi connectivity index (χ1) is 10.9. The highest BCUT2D eigenvalue weighted by Crippen LogP contribution is 2.36. The maximum atomic E-state index is 12.6. The van der Waals surface area contributed by atoms with Gasteiger partial charge in [-0.2, -0.15) is 0 Å². The molecule has 1 aliphatic heterocycles. The van der Waals surface area contributed by atoms with Crippen molar-refractivity contribution in [3.63, 3.8) is 0 Å². The van der Waals surface area contributed by atoms with Crippen LogP contribution in [-0.4, -0.2) is 11.7 Å². The molecule has 0 fully saturated rings. The molecule has 23 heavy (non-hydrogen) atoms. The fraction of sp³-hybridized carbons (Fsp3) is 0.350. The molecule has 120 valence electrons. The topological polar surface area (TPSA) is 29.1 Å². The first-order valence-electron chi connectivity index (χ1n) is 8.08. The molecule has 0 radical (unpaired) electrons. The third-order valence-electron chi connectivity index (χ3n) is 4.28. The highest BCUT2D eigenvalue weighted by atomic mass is 32.2. The van der Waals surface area contributed by atoms with E-state index in [9.17, 15) is 4.79 Å². The summed E-state index contributed by atoms with van der Waals surface area (Å²) in [7, 11) is 0. The van der Waals surface area contributed by atoms with Crippen LogP contribution in [0.5, 0.6) is 0 Å². The van der Waals surface area contributed by atoms with Gasteiger partial charge in [0.1, 0.15) is 0 Å². The fourth-order valence-corrected chi connectivity index (χ4v) is 3.98. The van der Waals surface area contributed by atoms with E-state index in [-0.39, 0.29) is 17.4 Å². The molecule has 0 spiro atoms. The van der Waals surface area contributed by atoms with Crippen molar-refractivity contribution in [1.29, 1.82) is 0 Å². The number of carbonyl (C=O) groups is 1. The Kier molecular flexibility index (Phi) is 4.49. The summed E-state index contributed by atoms with van der Waals surface area (Å²) in [5.74, 6) is 1.06. The Morgan fingerprint density at radius 3 is 2.48 bits per heavy atom. The zero-order valence-electron chi connectivity index (χ0n) is 13.9. The van der Waals surface area contributed by atoms with Crippen LogP contribution in [0.15, 0.2) is 53.4 Å². The number of fused-ring (bicyclic) bond motifs is 1. The highest BCUT2D eigenvalue weighted by Gasteiger charge is 2.22. The van der Waals surface area contributed by atoms with Crippen molar-refractivity contribution in [2.24, 2.45) is 0 Å². The summed E-state index contributed by atoms with van der Waals surface area (Å²) in [6, 6.07) is 16.4. The Hall–Kier alpha value is -1.74. The second-order valence-electron chi connectivity index (χ2n) is 7.03. The van der Waals surface area contributed by atoms with Gasteiger partial charge < -0.3 is 5.32 Å². The molecule has 0 aromatic heterocycles. The maximum absolute atomic E-state index is 12.6. The van der Waals surface area contributed by atoms with E-state index in [4.69, 9.17) is 0 Å². The van der Waals surface area contributed by atoms with Crippen LogP contribution < -0.4 is 5.32 Å². The molecule has 3 heteroatoms. The number of hydrogen-bond acceptors (Lipinski definition) is 2. The van der Waals surface area contributed by atoms with Crippen LogP contribution in [-0.2, 0) is 5.41 Å². The number of amides is 1. The van der Waals surface area contributed by atoms with E-state index in [0.717, 1.165) is 17.7 Å². The fourth-order valence-electron chi connectivity index (χ4n) is 2.86. The van der Waals surface area contributed by atoms with Crippen molar-refractivity contribution in [1.82, 2.24) is 5.32 Å². The van der Waals surface area contributed by atoms with Gasteiger partial charge in [-0.25, -0.2) is 0 Å². The quantitative estimate of drug-likeness (QED) is 0.846. The van der Waals surface area contributed by atoms with Crippen molar-refractivity contribution in [3.8, 4) is 0 Å². The van der Waals surface area contributed by atoms with E-state index in [2.05, 4.69) is 56.4 Å². The molecule has 0 aliphatic carbocycles. The first kappa shape index (κ1) is 16.1. The zero-order valence-corrected chi connectivity index (χ0v) is 14.7. The smallest absolute Gasteiger partial charge is 0.251 e. The average molecular weight is 325 g/mol. The van der Waals surface area contributed by atoms with Gasteiger partial charge in [-0.15, -0.1) is 11.8 Å². The van der Waals surface area contributed by atoms with Crippen LogP contribution in [0.25, 0.3) is 0 Å². The van der Waals surface area contributed by atoms with Gasteiger partial charge in [0.2, 0.25) is 0 Å². The molecule has 1 heterocycles. The second-order valence-corrected chi connectivity index (χ2v) is 8.17. The van der Waals surface area contributed by atoms with E-state index in [1.54, 1.807) is 0 Å². The molecular weight excluding hydrogens is 302 g/mol. The summed E-state index contributed by atoms with van der Waals surface area (Å²) in [6.07, 6.45) is 0.980. The van der Waals surface area contributed by atoms with Crippen LogP contribution in [0.4, 0.5) is 0 Å². The molecular formula is C20H23NOS. The molecule has 0 bridgehead atoms. The van der Waals surface area contributed by atoms with Crippen LogP contribution in [0.1, 0.15) is 54.7 Å². The highest BCUT2D eigenvalue weighted by molar-refractivity contribution is 7.99. The molecule has 0 saturated heterocycles. The lowest BCUT2D eigenvalue weighted by atomic mass is 9.86. The van der Waals surface area contributed by atoms with Crippen molar-refractivity contribution in [2.75, 3.05) is 5.75 Å². The Balaban J connectivity index is 1.75. The molecule has 1 N–H and O–H groups in total. The molecule has 1 unspecified atom stereocenters. The normalized spacial score (nSPS) is 17.4. The van der Waals surface area contributed by atoms with Gasteiger partial charge >= 0.3 is 0 Å². The molecule has 2 aromatic carbocycles. The van der Waals surface area contributed by atoms with E-state index in [1.165, 1.54) is 16.0 Å². The molecule has 1 aliphatic rings. The second kappa shape index (κ2) is 6.40. The molecule has 3 rings (SSSR count).